The van der Waals surface area contributed by atoms with Gasteiger partial charge in [-0.25, -0.2) is 29.9 Å². The van der Waals surface area contributed by atoms with Crippen molar-refractivity contribution in [1.29, 1.82) is 10.5 Å². The van der Waals surface area contributed by atoms with Crippen LogP contribution < -0.4 is 0 Å². The molecule has 53 heavy (non-hydrogen) atoms. The fourth-order valence-corrected chi connectivity index (χ4v) is 7.39. The molecule has 3 heterocycles. The summed E-state index contributed by atoms with van der Waals surface area (Å²) < 4.78 is 2.14. The topological polar surface area (TPSA) is 125 Å². The second kappa shape index (κ2) is 13.3. The minimum atomic E-state index is 0.484. The second-order valence-corrected chi connectivity index (χ2v) is 13.3. The summed E-state index contributed by atoms with van der Waals surface area (Å²) in [5.74, 6) is 3.30. The van der Waals surface area contributed by atoms with Crippen molar-refractivity contribution in [2.75, 3.05) is 0 Å². The number of hydrogen-bond acceptors (Lipinski definition) is 9. The summed E-state index contributed by atoms with van der Waals surface area (Å²) >= 11 is 1.67. The first-order valence-electron chi connectivity index (χ1n) is 16.7. The van der Waals surface area contributed by atoms with E-state index in [2.05, 4.69) is 36.4 Å². The average Bonchev–Trinajstić information content (AvgIpc) is 3.62. The molecule has 0 aliphatic heterocycles. The number of nitrogens with zero attached hydrogens (tertiary/aromatic N) is 8. The molecule has 0 spiro atoms. The van der Waals surface area contributed by atoms with E-state index in [-0.39, 0.29) is 0 Å². The highest BCUT2D eigenvalue weighted by Gasteiger charge is 2.18. The molecule has 0 bridgehead atoms. The molecule has 8 nitrogen and oxygen atoms in total. The Morgan fingerprint density at radius 3 is 1.30 bits per heavy atom. The molecule has 0 saturated carbocycles. The lowest BCUT2D eigenvalue weighted by atomic mass is 10.1. The van der Waals surface area contributed by atoms with Crippen molar-refractivity contribution < 1.29 is 0 Å². The van der Waals surface area contributed by atoms with Crippen LogP contribution in [0.15, 0.2) is 146 Å². The Hall–Kier alpha value is -7.46. The lowest BCUT2D eigenvalue weighted by Crippen LogP contribution is -2.00. The molecule has 9 heteroatoms. The van der Waals surface area contributed by atoms with Gasteiger partial charge in [0.1, 0.15) is 0 Å². The third kappa shape index (κ3) is 6.04. The molecule has 3 aromatic heterocycles. The summed E-state index contributed by atoms with van der Waals surface area (Å²) in [6, 6.07) is 51.1. The van der Waals surface area contributed by atoms with Crippen LogP contribution in [0.25, 0.3) is 88.5 Å². The summed E-state index contributed by atoms with van der Waals surface area (Å²) in [6.45, 7) is 0. The number of hydrogen-bond donors (Lipinski definition) is 0. The van der Waals surface area contributed by atoms with E-state index in [1.807, 2.05) is 97.1 Å². The molecule has 0 N–H and O–H groups in total. The maximum Gasteiger partial charge on any atom is 0.165 e. The third-order valence-corrected chi connectivity index (χ3v) is 10.1. The van der Waals surface area contributed by atoms with E-state index >= 15 is 0 Å². The Bertz CT molecular complexity index is 2760. The molecule has 0 aliphatic carbocycles. The highest BCUT2D eigenvalue weighted by Crippen LogP contribution is 2.41. The molecular weight excluding hydrogens is 673 g/mol. The van der Waals surface area contributed by atoms with Crippen LogP contribution in [0.1, 0.15) is 11.1 Å². The standard InChI is InChI=1S/C44H24N8S/c45-25-27-14-18-31(19-15-27)41-48-42(32-20-16-28(26-46)17-21-32)52-44(51-41)35-13-7-12-34-36-24-33(22-23-37(36)53-38(34)35)43-49-39(29-8-3-1-4-9-29)47-40(50-43)30-10-5-2-6-11-30/h1-24H. The van der Waals surface area contributed by atoms with Crippen molar-refractivity contribution in [2.24, 2.45) is 0 Å². The molecule has 0 atom stereocenters. The predicted octanol–water partition coefficient (Wildman–Crippen LogP) is 10.2. The number of aromatic nitrogens is 6. The first kappa shape index (κ1) is 31.5. The van der Waals surface area contributed by atoms with Crippen molar-refractivity contribution in [3.8, 4) is 80.5 Å². The SMILES string of the molecule is N#Cc1ccc(-c2nc(-c3ccc(C#N)cc3)nc(-c3cccc4c3sc3ccc(-c5nc(-c6ccccc6)nc(-c6ccccc6)n5)cc34)n2)cc1. The largest absolute Gasteiger partial charge is 0.208 e. The minimum absolute atomic E-state index is 0.484. The molecule has 0 aliphatic rings. The number of thiophene rings is 1. The van der Waals surface area contributed by atoms with E-state index in [0.29, 0.717) is 46.1 Å². The van der Waals surface area contributed by atoms with E-state index in [4.69, 9.17) is 29.9 Å². The van der Waals surface area contributed by atoms with Gasteiger partial charge in [0.05, 0.1) is 23.3 Å². The zero-order valence-electron chi connectivity index (χ0n) is 27.8. The Morgan fingerprint density at radius 1 is 0.377 bits per heavy atom. The van der Waals surface area contributed by atoms with Crippen molar-refractivity contribution in [3.63, 3.8) is 0 Å². The van der Waals surface area contributed by atoms with Gasteiger partial charge in [-0.3, -0.25) is 0 Å². The lowest BCUT2D eigenvalue weighted by Gasteiger charge is -2.09. The van der Waals surface area contributed by atoms with Gasteiger partial charge in [0.25, 0.3) is 0 Å². The average molecular weight is 697 g/mol. The van der Waals surface area contributed by atoms with Crippen molar-refractivity contribution in [2.45, 2.75) is 0 Å². The van der Waals surface area contributed by atoms with Gasteiger partial charge in [0.15, 0.2) is 34.9 Å². The van der Waals surface area contributed by atoms with Gasteiger partial charge in [-0.05, 0) is 72.8 Å². The van der Waals surface area contributed by atoms with Crippen molar-refractivity contribution >= 4 is 31.5 Å². The second-order valence-electron chi connectivity index (χ2n) is 12.2. The highest BCUT2D eigenvalue weighted by molar-refractivity contribution is 7.26. The first-order valence-corrected chi connectivity index (χ1v) is 17.6. The molecule has 246 valence electrons. The number of fused-ring (bicyclic) bond motifs is 3. The molecule has 0 amide bonds. The van der Waals surface area contributed by atoms with Gasteiger partial charge in [0, 0.05) is 53.6 Å². The van der Waals surface area contributed by atoms with Crippen LogP contribution in [-0.2, 0) is 0 Å². The fraction of sp³-hybridized carbons (Fsp3) is 0. The molecule has 0 fully saturated rings. The summed E-state index contributed by atoms with van der Waals surface area (Å²) in [4.78, 5) is 29.5. The van der Waals surface area contributed by atoms with E-state index in [9.17, 15) is 10.5 Å². The lowest BCUT2D eigenvalue weighted by molar-refractivity contribution is 1.07. The van der Waals surface area contributed by atoms with Crippen LogP contribution >= 0.6 is 11.3 Å². The molecule has 0 radical (unpaired) electrons. The molecule has 0 saturated heterocycles. The van der Waals surface area contributed by atoms with Crippen molar-refractivity contribution in [1.82, 2.24) is 29.9 Å². The van der Waals surface area contributed by atoms with Gasteiger partial charge >= 0.3 is 0 Å². The van der Waals surface area contributed by atoms with Gasteiger partial charge in [-0.2, -0.15) is 10.5 Å². The minimum Gasteiger partial charge on any atom is -0.208 e. The number of rotatable bonds is 6. The van der Waals surface area contributed by atoms with E-state index in [1.165, 1.54) is 0 Å². The molecular formula is C44H24N8S. The van der Waals surface area contributed by atoms with E-state index in [1.54, 1.807) is 35.6 Å². The summed E-state index contributed by atoms with van der Waals surface area (Å²) in [5, 5.41) is 20.9. The Balaban J connectivity index is 1.19. The van der Waals surface area contributed by atoms with E-state index in [0.717, 1.165) is 53.6 Å². The Labute approximate surface area is 308 Å². The monoisotopic (exact) mass is 696 g/mol. The zero-order valence-corrected chi connectivity index (χ0v) is 28.7. The van der Waals surface area contributed by atoms with Crippen LogP contribution in [0.5, 0.6) is 0 Å². The smallest absolute Gasteiger partial charge is 0.165 e. The summed E-state index contributed by atoms with van der Waals surface area (Å²) in [7, 11) is 0. The molecule has 9 rings (SSSR count). The molecule has 9 aromatic rings. The summed E-state index contributed by atoms with van der Waals surface area (Å²) in [6.07, 6.45) is 0. The zero-order chi connectivity index (χ0) is 35.7. The van der Waals surface area contributed by atoms with Gasteiger partial charge in [-0.1, -0.05) is 72.8 Å². The van der Waals surface area contributed by atoms with Gasteiger partial charge < -0.3 is 0 Å². The maximum absolute atomic E-state index is 9.37. The van der Waals surface area contributed by atoms with Crippen LogP contribution in [0.2, 0.25) is 0 Å². The van der Waals surface area contributed by atoms with Crippen LogP contribution in [0, 0.1) is 22.7 Å². The normalized spacial score (nSPS) is 11.0. The highest BCUT2D eigenvalue weighted by atomic mass is 32.1. The quantitative estimate of drug-likeness (QED) is 0.168. The summed E-state index contributed by atoms with van der Waals surface area (Å²) in [5.41, 5.74) is 6.21. The van der Waals surface area contributed by atoms with Gasteiger partial charge in [-0.15, -0.1) is 11.3 Å². The predicted molar refractivity (Wildman–Crippen MR) is 208 cm³/mol. The maximum atomic E-state index is 9.37. The number of nitriles is 2. The van der Waals surface area contributed by atoms with Crippen LogP contribution in [0.3, 0.4) is 0 Å². The Kier molecular flexibility index (Phi) is 7.94. The molecule has 0 unspecified atom stereocenters. The third-order valence-electron chi connectivity index (χ3n) is 8.88. The van der Waals surface area contributed by atoms with Crippen LogP contribution in [0.4, 0.5) is 0 Å². The van der Waals surface area contributed by atoms with Crippen molar-refractivity contribution in [3.05, 3.63) is 157 Å². The van der Waals surface area contributed by atoms with Crippen LogP contribution in [-0.4, -0.2) is 29.9 Å². The number of benzene rings is 6. The fourth-order valence-electron chi connectivity index (χ4n) is 6.19. The molecule has 6 aromatic carbocycles. The Morgan fingerprint density at radius 2 is 0.811 bits per heavy atom. The van der Waals surface area contributed by atoms with E-state index < -0.39 is 0 Å². The van der Waals surface area contributed by atoms with Gasteiger partial charge in [0.2, 0.25) is 0 Å². The first-order chi connectivity index (χ1) is 26.1.